The Balaban J connectivity index is 1.95. The molecule has 2 aromatic rings. The molecule has 1 aliphatic heterocycles. The van der Waals surface area contributed by atoms with Gasteiger partial charge in [0.2, 0.25) is 0 Å². The van der Waals surface area contributed by atoms with Crippen LogP contribution in [0.25, 0.3) is 6.08 Å². The van der Waals surface area contributed by atoms with Crippen LogP contribution >= 0.6 is 15.9 Å². The van der Waals surface area contributed by atoms with Gasteiger partial charge in [-0.3, -0.25) is 4.79 Å². The Morgan fingerprint density at radius 3 is 2.69 bits per heavy atom. The zero-order valence-electron chi connectivity index (χ0n) is 13.8. The number of carboxylic acids is 1. The van der Waals surface area contributed by atoms with E-state index in [-0.39, 0.29) is 5.91 Å². The third kappa shape index (κ3) is 3.83. The predicted molar refractivity (Wildman–Crippen MR) is 102 cm³/mol. The number of carbonyl (C=O) groups excluding carboxylic acids is 1. The molecule has 7 heteroatoms. The first-order valence-electron chi connectivity index (χ1n) is 7.76. The van der Waals surface area contributed by atoms with E-state index >= 15 is 0 Å². The Morgan fingerprint density at radius 2 is 2.00 bits per heavy atom. The molecule has 0 aliphatic carbocycles. The van der Waals surface area contributed by atoms with Gasteiger partial charge in [-0.25, -0.2) is 4.79 Å². The summed E-state index contributed by atoms with van der Waals surface area (Å²) >= 11 is 3.38. The van der Waals surface area contributed by atoms with Crippen molar-refractivity contribution in [2.75, 3.05) is 11.6 Å². The number of hydrazone groups is 1. The van der Waals surface area contributed by atoms with Crippen LogP contribution in [0.4, 0.5) is 5.69 Å². The molecule has 0 radical (unpaired) electrons. The number of hydrogen-bond donors (Lipinski definition) is 1. The summed E-state index contributed by atoms with van der Waals surface area (Å²) in [6, 6.07) is 14.3. The Bertz CT molecular complexity index is 922. The van der Waals surface area contributed by atoms with Gasteiger partial charge < -0.3 is 9.84 Å². The molecule has 0 atom stereocenters. The van der Waals surface area contributed by atoms with Crippen molar-refractivity contribution < 1.29 is 19.4 Å². The number of benzene rings is 2. The van der Waals surface area contributed by atoms with Crippen LogP contribution in [0.15, 0.2) is 63.7 Å². The van der Waals surface area contributed by atoms with Crippen molar-refractivity contribution in [1.29, 1.82) is 0 Å². The van der Waals surface area contributed by atoms with E-state index in [0.717, 1.165) is 4.47 Å². The third-order valence-corrected chi connectivity index (χ3v) is 4.18. The van der Waals surface area contributed by atoms with Crippen molar-refractivity contribution in [3.05, 3.63) is 64.1 Å². The molecule has 1 amide bonds. The van der Waals surface area contributed by atoms with Gasteiger partial charge in [-0.15, -0.1) is 0 Å². The average Bonchev–Trinajstić information content (AvgIpc) is 2.90. The van der Waals surface area contributed by atoms with Gasteiger partial charge in [0.15, 0.2) is 6.61 Å². The van der Waals surface area contributed by atoms with Gasteiger partial charge in [0.05, 0.1) is 17.0 Å². The van der Waals surface area contributed by atoms with Crippen molar-refractivity contribution in [2.24, 2.45) is 5.10 Å². The largest absolute Gasteiger partial charge is 0.481 e. The maximum Gasteiger partial charge on any atom is 0.341 e. The fourth-order valence-corrected chi connectivity index (χ4v) is 2.87. The smallest absolute Gasteiger partial charge is 0.341 e. The molecule has 2 aromatic carbocycles. The van der Waals surface area contributed by atoms with E-state index < -0.39 is 12.6 Å². The van der Waals surface area contributed by atoms with Crippen molar-refractivity contribution in [2.45, 2.75) is 6.92 Å². The van der Waals surface area contributed by atoms with Gasteiger partial charge in [0.25, 0.3) is 5.91 Å². The lowest BCUT2D eigenvalue weighted by Crippen LogP contribution is -2.21. The summed E-state index contributed by atoms with van der Waals surface area (Å²) in [5, 5.41) is 14.5. The van der Waals surface area contributed by atoms with Crippen LogP contribution in [0.2, 0.25) is 0 Å². The summed E-state index contributed by atoms with van der Waals surface area (Å²) in [7, 11) is 0. The monoisotopic (exact) mass is 414 g/mol. The number of ether oxygens (including phenoxy) is 1. The van der Waals surface area contributed by atoms with Gasteiger partial charge >= 0.3 is 5.97 Å². The molecule has 0 spiro atoms. The number of para-hydroxylation sites is 1. The third-order valence-electron chi connectivity index (χ3n) is 3.69. The molecule has 1 heterocycles. The maximum atomic E-state index is 12.8. The van der Waals surface area contributed by atoms with E-state index in [2.05, 4.69) is 21.0 Å². The first-order chi connectivity index (χ1) is 12.5. The molecule has 132 valence electrons. The van der Waals surface area contributed by atoms with Gasteiger partial charge in [-0.05, 0) is 43.3 Å². The first kappa shape index (κ1) is 17.9. The number of hydrogen-bond acceptors (Lipinski definition) is 4. The highest BCUT2D eigenvalue weighted by molar-refractivity contribution is 9.10. The number of aliphatic carboxylic acids is 1. The summed E-state index contributed by atoms with van der Waals surface area (Å²) in [4.78, 5) is 23.5. The summed E-state index contributed by atoms with van der Waals surface area (Å²) in [6.45, 7) is 1.29. The quantitative estimate of drug-likeness (QED) is 0.756. The Kier molecular flexibility index (Phi) is 5.18. The molecule has 0 bridgehead atoms. The fraction of sp³-hybridized carbons (Fsp3) is 0.105. The minimum atomic E-state index is -1.07. The summed E-state index contributed by atoms with van der Waals surface area (Å²) < 4.78 is 6.10. The van der Waals surface area contributed by atoms with Gasteiger partial charge in [-0.2, -0.15) is 10.1 Å². The molecule has 0 saturated heterocycles. The molecule has 0 aromatic heterocycles. The van der Waals surface area contributed by atoms with E-state index in [1.807, 2.05) is 18.2 Å². The molecule has 1 N–H and O–H groups in total. The Hall–Kier alpha value is -2.93. The minimum Gasteiger partial charge on any atom is -0.481 e. The fourth-order valence-electron chi connectivity index (χ4n) is 2.49. The number of halogens is 1. The van der Waals surface area contributed by atoms with Crippen LogP contribution in [0.1, 0.15) is 12.5 Å². The number of amides is 1. The number of rotatable bonds is 5. The molecule has 1 aliphatic rings. The summed E-state index contributed by atoms with van der Waals surface area (Å²) in [5.74, 6) is -0.948. The highest BCUT2D eigenvalue weighted by Gasteiger charge is 2.28. The van der Waals surface area contributed by atoms with E-state index in [1.54, 1.807) is 43.3 Å². The molecule has 3 rings (SSSR count). The molecular formula is C19H15BrN2O4. The molecule has 0 saturated carbocycles. The topological polar surface area (TPSA) is 79.2 Å². The lowest BCUT2D eigenvalue weighted by Gasteiger charge is -2.11. The molecule has 0 unspecified atom stereocenters. The maximum absolute atomic E-state index is 12.8. The molecule has 0 fully saturated rings. The van der Waals surface area contributed by atoms with Gasteiger partial charge in [0.1, 0.15) is 5.75 Å². The highest BCUT2D eigenvalue weighted by Crippen LogP contribution is 2.29. The Morgan fingerprint density at radius 1 is 1.27 bits per heavy atom. The molecule has 26 heavy (non-hydrogen) atoms. The SMILES string of the molecule is CC1=NN(c2ccccc2)C(=O)/C1=C\c1cc(Br)ccc1OCC(=O)O. The average molecular weight is 415 g/mol. The molecular weight excluding hydrogens is 400 g/mol. The second kappa shape index (κ2) is 7.53. The number of nitrogens with zero attached hydrogens (tertiary/aromatic N) is 2. The van der Waals surface area contributed by atoms with E-state index in [9.17, 15) is 9.59 Å². The van der Waals surface area contributed by atoms with Crippen LogP contribution in [0.5, 0.6) is 5.75 Å². The normalized spacial score (nSPS) is 15.3. The van der Waals surface area contributed by atoms with Crippen LogP contribution in [0.3, 0.4) is 0 Å². The van der Waals surface area contributed by atoms with E-state index in [4.69, 9.17) is 9.84 Å². The van der Waals surface area contributed by atoms with Crippen molar-refractivity contribution in [3.8, 4) is 5.75 Å². The van der Waals surface area contributed by atoms with Crippen LogP contribution < -0.4 is 9.75 Å². The van der Waals surface area contributed by atoms with E-state index in [0.29, 0.717) is 28.3 Å². The van der Waals surface area contributed by atoms with Crippen LogP contribution in [-0.2, 0) is 9.59 Å². The zero-order chi connectivity index (χ0) is 18.7. The van der Waals surface area contributed by atoms with Crippen molar-refractivity contribution >= 4 is 45.3 Å². The highest BCUT2D eigenvalue weighted by atomic mass is 79.9. The van der Waals surface area contributed by atoms with Crippen LogP contribution in [-0.4, -0.2) is 29.3 Å². The lowest BCUT2D eigenvalue weighted by atomic mass is 10.1. The second-order valence-corrected chi connectivity index (χ2v) is 6.48. The first-order valence-corrected chi connectivity index (χ1v) is 8.56. The van der Waals surface area contributed by atoms with E-state index in [1.165, 1.54) is 5.01 Å². The number of anilines is 1. The van der Waals surface area contributed by atoms with Gasteiger partial charge in [-0.1, -0.05) is 34.1 Å². The zero-order valence-corrected chi connectivity index (χ0v) is 15.4. The van der Waals surface area contributed by atoms with Crippen molar-refractivity contribution in [1.82, 2.24) is 0 Å². The standard InChI is InChI=1S/C19H15BrN2O4/c1-12-16(19(25)22(21-12)15-5-3-2-4-6-15)10-13-9-14(20)7-8-17(13)26-11-18(23)24/h2-10H,11H2,1H3,(H,23,24)/b16-10-. The minimum absolute atomic E-state index is 0.252. The number of carboxylic acid groups (broad SMARTS) is 1. The second-order valence-electron chi connectivity index (χ2n) is 5.56. The molecule has 6 nitrogen and oxygen atoms in total. The predicted octanol–water partition coefficient (Wildman–Crippen LogP) is 3.72. The lowest BCUT2D eigenvalue weighted by molar-refractivity contribution is -0.139. The number of carbonyl (C=O) groups is 2. The van der Waals surface area contributed by atoms with Crippen LogP contribution in [0, 0.1) is 0 Å². The van der Waals surface area contributed by atoms with Crippen molar-refractivity contribution in [3.63, 3.8) is 0 Å². The summed E-state index contributed by atoms with van der Waals surface area (Å²) in [6.07, 6.45) is 1.66. The van der Waals surface area contributed by atoms with Gasteiger partial charge in [0, 0.05) is 10.0 Å². The summed E-state index contributed by atoms with van der Waals surface area (Å²) in [5.41, 5.74) is 2.26. The Labute approximate surface area is 158 Å².